The van der Waals surface area contributed by atoms with Gasteiger partial charge in [0.05, 0.1) is 5.71 Å². The van der Waals surface area contributed by atoms with Gasteiger partial charge < -0.3 is 15.4 Å². The van der Waals surface area contributed by atoms with Crippen molar-refractivity contribution in [1.29, 1.82) is 5.41 Å². The molecule has 0 spiro atoms. The van der Waals surface area contributed by atoms with Crippen LogP contribution in [0.15, 0.2) is 54.7 Å². The molecule has 0 aliphatic heterocycles. The van der Waals surface area contributed by atoms with Crippen molar-refractivity contribution in [2.24, 2.45) is 12.8 Å². The summed E-state index contributed by atoms with van der Waals surface area (Å²) in [5.74, 6) is -0.833. The zero-order valence-corrected chi connectivity index (χ0v) is 14.5. The Labute approximate surface area is 147 Å². The van der Waals surface area contributed by atoms with Gasteiger partial charge in [0.25, 0.3) is 5.97 Å². The van der Waals surface area contributed by atoms with Crippen molar-refractivity contribution in [1.82, 2.24) is 4.57 Å². The molecule has 0 atom stereocenters. The third-order valence-corrected chi connectivity index (χ3v) is 3.82. The van der Waals surface area contributed by atoms with Crippen molar-refractivity contribution in [3.63, 3.8) is 0 Å². The molecule has 0 radical (unpaired) electrons. The van der Waals surface area contributed by atoms with Gasteiger partial charge in [0.1, 0.15) is 0 Å². The van der Waals surface area contributed by atoms with Gasteiger partial charge in [0, 0.05) is 42.2 Å². The second-order valence-corrected chi connectivity index (χ2v) is 5.80. The monoisotopic (exact) mass is 337 g/mol. The Bertz CT molecular complexity index is 879. The van der Waals surface area contributed by atoms with Gasteiger partial charge in [-0.25, -0.2) is 0 Å². The Morgan fingerprint density at radius 3 is 2.44 bits per heavy atom. The molecule has 0 aliphatic carbocycles. The number of carboxylic acids is 1. The first kappa shape index (κ1) is 18.4. The Morgan fingerprint density at radius 1 is 1.20 bits per heavy atom. The Balaban J connectivity index is 0.000000511. The molecule has 4 N–H and O–H groups in total. The zero-order valence-electron chi connectivity index (χ0n) is 14.5. The molecule has 25 heavy (non-hydrogen) atoms. The van der Waals surface area contributed by atoms with E-state index in [0.29, 0.717) is 12.3 Å². The fourth-order valence-electron chi connectivity index (χ4n) is 2.72. The lowest BCUT2D eigenvalue weighted by molar-refractivity contribution is -0.134. The molecule has 3 aromatic rings. The first-order valence-corrected chi connectivity index (χ1v) is 8.06. The fraction of sp³-hybridized carbons (Fsp3) is 0.200. The number of nitrogens with one attached hydrogen (secondary N) is 1. The van der Waals surface area contributed by atoms with Gasteiger partial charge in [-0.2, -0.15) is 0 Å². The highest BCUT2D eigenvalue weighted by Crippen LogP contribution is 2.24. The van der Waals surface area contributed by atoms with Crippen LogP contribution in [0.2, 0.25) is 0 Å². The Kier molecular flexibility index (Phi) is 6.08. The predicted octanol–water partition coefficient (Wildman–Crippen LogP) is 3.19. The summed E-state index contributed by atoms with van der Waals surface area (Å²) in [7, 11) is 2.02. The second kappa shape index (κ2) is 8.26. The van der Waals surface area contributed by atoms with Crippen LogP contribution < -0.4 is 5.73 Å². The van der Waals surface area contributed by atoms with E-state index in [-0.39, 0.29) is 0 Å². The maximum atomic E-state index is 9.00. The molecule has 3 rings (SSSR count). The van der Waals surface area contributed by atoms with Crippen LogP contribution in [0.3, 0.4) is 0 Å². The van der Waals surface area contributed by atoms with Crippen LogP contribution in [0.25, 0.3) is 10.9 Å². The van der Waals surface area contributed by atoms with Gasteiger partial charge in [0.15, 0.2) is 0 Å². The molecule has 0 amide bonds. The summed E-state index contributed by atoms with van der Waals surface area (Å²) in [4.78, 5) is 9.00. The highest BCUT2D eigenvalue weighted by molar-refractivity contribution is 6.17. The molecule has 0 bridgehead atoms. The number of benzene rings is 2. The minimum absolute atomic E-state index is 0.561. The molecule has 0 unspecified atom stereocenters. The number of fused-ring (bicyclic) bond motifs is 1. The number of aryl methyl sites for hydroxylation is 1. The summed E-state index contributed by atoms with van der Waals surface area (Å²) in [6.45, 7) is 1.73. The van der Waals surface area contributed by atoms with Gasteiger partial charge in [-0.15, -0.1) is 0 Å². The van der Waals surface area contributed by atoms with Crippen molar-refractivity contribution < 1.29 is 9.90 Å². The number of hydrogen-bond acceptors (Lipinski definition) is 3. The van der Waals surface area contributed by atoms with Gasteiger partial charge >= 0.3 is 0 Å². The van der Waals surface area contributed by atoms with E-state index >= 15 is 0 Å². The summed E-state index contributed by atoms with van der Waals surface area (Å²) in [6, 6.07) is 16.3. The van der Waals surface area contributed by atoms with E-state index < -0.39 is 5.97 Å². The quantitative estimate of drug-likeness (QED) is 0.638. The molecule has 0 fully saturated rings. The third-order valence-electron chi connectivity index (χ3n) is 3.82. The van der Waals surface area contributed by atoms with Crippen LogP contribution in [0, 0.1) is 5.41 Å². The largest absolute Gasteiger partial charge is 0.481 e. The topological polar surface area (TPSA) is 92.1 Å². The summed E-state index contributed by atoms with van der Waals surface area (Å²) >= 11 is 0. The third kappa shape index (κ3) is 4.55. The zero-order chi connectivity index (χ0) is 18.4. The number of aromatic nitrogens is 1. The molecule has 0 aliphatic rings. The van der Waals surface area contributed by atoms with Crippen molar-refractivity contribution in [3.8, 4) is 0 Å². The smallest absolute Gasteiger partial charge is 0.300 e. The number of nitrogens with zero attached hydrogens (tertiary/aromatic N) is 1. The van der Waals surface area contributed by atoms with Crippen LogP contribution in [0.1, 0.15) is 23.6 Å². The molecule has 0 saturated heterocycles. The normalized spacial score (nSPS) is 10.2. The second-order valence-electron chi connectivity index (χ2n) is 5.80. The standard InChI is InChI=1S/C18H19N3.C2H4O2/c1-21-12-16(18(20)14-5-3-2-4-6-14)15-11-13(9-10-19)7-8-17(15)21;1-2(3)4/h2-8,11-12,20H,9-10,19H2,1H3;1H3,(H,3,4). The molecule has 2 aromatic carbocycles. The highest BCUT2D eigenvalue weighted by atomic mass is 16.4. The summed E-state index contributed by atoms with van der Waals surface area (Å²) < 4.78 is 2.08. The van der Waals surface area contributed by atoms with E-state index in [1.165, 1.54) is 5.56 Å². The lowest BCUT2D eigenvalue weighted by Gasteiger charge is -2.04. The number of rotatable bonds is 4. The highest BCUT2D eigenvalue weighted by Gasteiger charge is 2.12. The number of carbonyl (C=O) groups is 1. The molecule has 130 valence electrons. The van der Waals surface area contributed by atoms with Crippen LogP contribution in [-0.2, 0) is 18.3 Å². The first-order valence-electron chi connectivity index (χ1n) is 8.06. The lowest BCUT2D eigenvalue weighted by atomic mass is 10.0. The summed E-state index contributed by atoms with van der Waals surface area (Å²) in [6.07, 6.45) is 2.90. The van der Waals surface area contributed by atoms with Crippen molar-refractivity contribution in [3.05, 3.63) is 71.4 Å². The van der Waals surface area contributed by atoms with Crippen molar-refractivity contribution in [2.75, 3.05) is 6.54 Å². The van der Waals surface area contributed by atoms with E-state index in [1.807, 2.05) is 43.6 Å². The van der Waals surface area contributed by atoms with E-state index in [9.17, 15) is 0 Å². The number of nitrogens with two attached hydrogens (primary N) is 1. The van der Waals surface area contributed by atoms with E-state index in [1.54, 1.807) is 0 Å². The van der Waals surface area contributed by atoms with Crippen LogP contribution in [0.4, 0.5) is 0 Å². The van der Waals surface area contributed by atoms with Crippen molar-refractivity contribution >= 4 is 22.6 Å². The van der Waals surface area contributed by atoms with Crippen LogP contribution in [-0.4, -0.2) is 27.9 Å². The minimum atomic E-state index is -0.833. The molecule has 0 saturated carbocycles. The molecular weight excluding hydrogens is 314 g/mol. The maximum Gasteiger partial charge on any atom is 0.300 e. The Morgan fingerprint density at radius 2 is 1.84 bits per heavy atom. The predicted molar refractivity (Wildman–Crippen MR) is 101 cm³/mol. The van der Waals surface area contributed by atoms with Gasteiger partial charge in [-0.1, -0.05) is 36.4 Å². The fourth-order valence-corrected chi connectivity index (χ4v) is 2.72. The molecule has 1 heterocycles. The summed E-state index contributed by atoms with van der Waals surface area (Å²) in [5, 5.41) is 17.0. The van der Waals surface area contributed by atoms with Crippen LogP contribution >= 0.6 is 0 Å². The van der Waals surface area contributed by atoms with Gasteiger partial charge in [-0.3, -0.25) is 10.2 Å². The number of carboxylic acid groups (broad SMARTS) is 1. The maximum absolute atomic E-state index is 9.00. The van der Waals surface area contributed by atoms with Crippen molar-refractivity contribution in [2.45, 2.75) is 13.3 Å². The molecular formula is C20H23N3O2. The van der Waals surface area contributed by atoms with E-state index in [0.717, 1.165) is 35.4 Å². The molecule has 5 heteroatoms. The number of hydrogen-bond donors (Lipinski definition) is 3. The minimum Gasteiger partial charge on any atom is -0.481 e. The molecule has 1 aromatic heterocycles. The summed E-state index contributed by atoms with van der Waals surface area (Å²) in [5.41, 5.74) is 10.5. The van der Waals surface area contributed by atoms with Gasteiger partial charge in [-0.05, 0) is 30.7 Å². The van der Waals surface area contributed by atoms with Crippen LogP contribution in [0.5, 0.6) is 0 Å². The number of aliphatic carboxylic acids is 1. The molecule has 5 nitrogen and oxygen atoms in total. The average molecular weight is 337 g/mol. The van der Waals surface area contributed by atoms with Gasteiger partial charge in [0.2, 0.25) is 0 Å². The average Bonchev–Trinajstić information content (AvgIpc) is 2.91. The Hall–Kier alpha value is -2.92. The van der Waals surface area contributed by atoms with E-state index in [4.69, 9.17) is 21.0 Å². The lowest BCUT2D eigenvalue weighted by Crippen LogP contribution is -2.03. The van der Waals surface area contributed by atoms with E-state index in [2.05, 4.69) is 22.8 Å². The first-order chi connectivity index (χ1) is 11.9. The SMILES string of the molecule is CC(=O)O.Cn1cc(C(=N)c2ccccc2)c2cc(CCN)ccc21.